The van der Waals surface area contributed by atoms with Gasteiger partial charge in [-0.2, -0.15) is 0 Å². The molecule has 0 aromatic carbocycles. The molecule has 9 atom stereocenters. The van der Waals surface area contributed by atoms with E-state index in [1.54, 1.807) is 0 Å². The lowest BCUT2D eigenvalue weighted by Gasteiger charge is -2.40. The summed E-state index contributed by atoms with van der Waals surface area (Å²) < 4.78 is 12.6. The highest BCUT2D eigenvalue weighted by atomic mass is 16.5. The molecule has 136 valence electrons. The number of ketones is 1. The molecule has 0 spiro atoms. The molecule has 0 radical (unpaired) electrons. The molecule has 1 heterocycles. The van der Waals surface area contributed by atoms with Crippen LogP contribution in [-0.4, -0.2) is 120 Å². The predicted molar refractivity (Wildman–Crippen MR) is 69.9 cm³/mol. The van der Waals surface area contributed by atoms with Crippen molar-refractivity contribution in [1.82, 2.24) is 0 Å². The molecule has 0 bridgehead atoms. The normalized spacial score (nSPS) is 40.8. The Morgan fingerprint density at radius 2 is 1.57 bits per heavy atom. The number of Topliss-reactive ketones (excluding diaryl/α,β-unsaturated/α-hetero) is 1. The molecule has 1 unspecified atom stereocenters. The molecule has 1 fully saturated rings. The highest BCUT2D eigenvalue weighted by Gasteiger charge is 2.49. The van der Waals surface area contributed by atoms with Gasteiger partial charge in [0.05, 0.1) is 14.6 Å². The number of aliphatic hydroxyl groups excluding tert-OH is 9. The zero-order valence-electron chi connectivity index (χ0n) is 12.9. The zero-order valence-corrected chi connectivity index (χ0v) is 11.9. The third kappa shape index (κ3) is 4.22. The second-order valence-electron chi connectivity index (χ2n) is 5.17. The Morgan fingerprint density at radius 3 is 2.04 bits per heavy atom. The van der Waals surface area contributed by atoms with E-state index in [9.17, 15) is 40.5 Å². The number of hydrogen-bond donors (Lipinski definition) is 9. The van der Waals surface area contributed by atoms with Gasteiger partial charge in [0.15, 0.2) is 5.78 Å². The smallest absolute Gasteiger partial charge is 0.195 e. The fourth-order valence-corrected chi connectivity index (χ4v) is 2.04. The first-order valence-electron chi connectivity index (χ1n) is 7.23. The van der Waals surface area contributed by atoms with Crippen LogP contribution in [0.3, 0.4) is 0 Å². The van der Waals surface area contributed by atoms with Gasteiger partial charge in [-0.3, -0.25) is 4.79 Å². The van der Waals surface area contributed by atoms with Gasteiger partial charge in [0.25, 0.3) is 0 Å². The first kappa shape index (κ1) is 18.6. The molecule has 0 aromatic rings. The fourth-order valence-electron chi connectivity index (χ4n) is 2.04. The van der Waals surface area contributed by atoms with Crippen LogP contribution in [0.15, 0.2) is 0 Å². The van der Waals surface area contributed by atoms with E-state index in [1.807, 2.05) is 0 Å². The predicted octanol–water partition coefficient (Wildman–Crippen LogP) is -6.17. The number of aliphatic hydroxyl groups is 9. The lowest BCUT2D eigenvalue weighted by Crippen LogP contribution is -2.63. The van der Waals surface area contributed by atoms with Gasteiger partial charge >= 0.3 is 0 Å². The van der Waals surface area contributed by atoms with Gasteiger partial charge in [0.2, 0.25) is 0 Å². The average Bonchev–Trinajstić information content (AvgIpc) is 2.59. The van der Waals surface area contributed by atoms with Crippen molar-refractivity contribution in [1.29, 1.82) is 0 Å². The van der Waals surface area contributed by atoms with Crippen LogP contribution in [0, 0.1) is 0 Å². The van der Waals surface area contributed by atoms with Crippen LogP contribution in [0.5, 0.6) is 0 Å². The van der Waals surface area contributed by atoms with Crippen molar-refractivity contribution in [3.63, 3.8) is 0 Å². The van der Waals surface area contributed by atoms with Crippen LogP contribution in [-0.2, 0) is 9.53 Å². The SMILES string of the molecule is [2H]C1(C(=O)[C@H](O)[C@@H](O)[C@H](O)[C@H](O)CO)O[C@H](CO)[C@H](O)[C@H](O)[C@H]1O. The molecule has 0 aliphatic carbocycles. The van der Waals surface area contributed by atoms with E-state index in [0.29, 0.717) is 0 Å². The lowest BCUT2D eigenvalue weighted by molar-refractivity contribution is -0.231. The Bertz CT molecular complexity index is 435. The standard InChI is InChI=1S/C12H22O11/c13-1-3(15)5(16)7(18)9(20)11(22)12-10(21)8(19)6(17)4(2-14)23-12/h3-10,12-21H,1-2H2/t3-,4-,5-,6+,7+,8+,9-,10-,12?/m1/s1/i12D. The Hall–Kier alpha value is -0.730. The van der Waals surface area contributed by atoms with Crippen molar-refractivity contribution in [2.45, 2.75) is 54.9 Å². The minimum absolute atomic E-state index is 0.927. The largest absolute Gasteiger partial charge is 0.394 e. The molecule has 1 aliphatic heterocycles. The number of ether oxygens (including phenoxy) is 1. The average molecular weight is 343 g/mol. The summed E-state index contributed by atoms with van der Waals surface area (Å²) in [5, 5.41) is 84.8. The van der Waals surface area contributed by atoms with Crippen molar-refractivity contribution in [2.24, 2.45) is 0 Å². The monoisotopic (exact) mass is 343 g/mol. The van der Waals surface area contributed by atoms with Crippen molar-refractivity contribution in [2.75, 3.05) is 13.2 Å². The van der Waals surface area contributed by atoms with Gasteiger partial charge in [0.1, 0.15) is 54.9 Å². The van der Waals surface area contributed by atoms with E-state index < -0.39 is 73.9 Å². The van der Waals surface area contributed by atoms with Gasteiger partial charge in [-0.1, -0.05) is 0 Å². The number of carbonyl (C=O) groups excluding carboxylic acids is 1. The maximum Gasteiger partial charge on any atom is 0.195 e. The summed E-state index contributed by atoms with van der Waals surface area (Å²) in [5.74, 6) is -1.70. The zero-order chi connectivity index (χ0) is 18.8. The van der Waals surface area contributed by atoms with Crippen LogP contribution in [0.1, 0.15) is 1.37 Å². The minimum Gasteiger partial charge on any atom is -0.394 e. The molecular formula is C12H22O11. The summed E-state index contributed by atoms with van der Waals surface area (Å²) in [4.78, 5) is 12.2. The second kappa shape index (κ2) is 8.39. The quantitative estimate of drug-likeness (QED) is 0.212. The van der Waals surface area contributed by atoms with Crippen LogP contribution in [0.25, 0.3) is 0 Å². The van der Waals surface area contributed by atoms with Gasteiger partial charge < -0.3 is 50.7 Å². The minimum atomic E-state index is -3.07. The molecule has 11 heteroatoms. The highest BCUT2D eigenvalue weighted by Crippen LogP contribution is 2.23. The molecular weight excluding hydrogens is 320 g/mol. The van der Waals surface area contributed by atoms with Crippen LogP contribution < -0.4 is 0 Å². The van der Waals surface area contributed by atoms with Crippen molar-refractivity contribution >= 4 is 5.78 Å². The summed E-state index contributed by atoms with van der Waals surface area (Å²) in [5.41, 5.74) is 0. The van der Waals surface area contributed by atoms with Crippen molar-refractivity contribution < 1.29 is 56.9 Å². The van der Waals surface area contributed by atoms with Crippen molar-refractivity contribution in [3.05, 3.63) is 0 Å². The Kier molecular flexibility index (Phi) is 6.79. The van der Waals surface area contributed by atoms with Gasteiger partial charge in [-0.05, 0) is 0 Å². The second-order valence-corrected chi connectivity index (χ2v) is 5.17. The number of hydrogen-bond acceptors (Lipinski definition) is 11. The summed E-state index contributed by atoms with van der Waals surface area (Å²) >= 11 is 0. The topological polar surface area (TPSA) is 208 Å². The Labute approximate surface area is 132 Å². The van der Waals surface area contributed by atoms with Crippen LogP contribution >= 0.6 is 0 Å². The summed E-state index contributed by atoms with van der Waals surface area (Å²) in [6.07, 6.45) is -19.9. The van der Waals surface area contributed by atoms with Crippen molar-refractivity contribution in [3.8, 4) is 0 Å². The lowest BCUT2D eigenvalue weighted by atomic mass is 9.89. The van der Waals surface area contributed by atoms with E-state index in [0.717, 1.165) is 0 Å². The van der Waals surface area contributed by atoms with Gasteiger partial charge in [-0.15, -0.1) is 0 Å². The number of carbonyl (C=O) groups is 1. The molecule has 0 amide bonds. The molecule has 11 nitrogen and oxygen atoms in total. The van der Waals surface area contributed by atoms with E-state index in [1.165, 1.54) is 0 Å². The summed E-state index contributed by atoms with van der Waals surface area (Å²) in [6.45, 7) is -1.93. The van der Waals surface area contributed by atoms with E-state index in [4.69, 9.17) is 16.3 Å². The van der Waals surface area contributed by atoms with Gasteiger partial charge in [0, 0.05) is 0 Å². The molecule has 1 aliphatic rings. The molecule has 1 saturated heterocycles. The van der Waals surface area contributed by atoms with Crippen LogP contribution in [0.4, 0.5) is 0 Å². The molecule has 23 heavy (non-hydrogen) atoms. The Balaban J connectivity index is 3.02. The first-order valence-corrected chi connectivity index (χ1v) is 6.73. The van der Waals surface area contributed by atoms with Gasteiger partial charge in [-0.25, -0.2) is 0 Å². The number of rotatable bonds is 7. The fraction of sp³-hybridized carbons (Fsp3) is 0.917. The summed E-state index contributed by atoms with van der Waals surface area (Å²) in [6, 6.07) is 0. The van der Waals surface area contributed by atoms with E-state index in [2.05, 4.69) is 0 Å². The Morgan fingerprint density at radius 1 is 1.00 bits per heavy atom. The first-order chi connectivity index (χ1) is 11.0. The van der Waals surface area contributed by atoms with Crippen LogP contribution in [0.2, 0.25) is 0 Å². The van der Waals surface area contributed by atoms with E-state index >= 15 is 0 Å². The summed E-state index contributed by atoms with van der Waals surface area (Å²) in [7, 11) is 0. The molecule has 9 N–H and O–H groups in total. The van der Waals surface area contributed by atoms with E-state index in [-0.39, 0.29) is 0 Å². The highest BCUT2D eigenvalue weighted by molar-refractivity contribution is 5.88. The third-order valence-electron chi connectivity index (χ3n) is 3.55. The maximum atomic E-state index is 12.2. The molecule has 1 rings (SSSR count). The molecule has 0 aromatic heterocycles. The molecule has 0 saturated carbocycles. The maximum absolute atomic E-state index is 12.2. The third-order valence-corrected chi connectivity index (χ3v) is 3.55.